The first-order valence-electron chi connectivity index (χ1n) is 8.05. The van der Waals surface area contributed by atoms with Crippen molar-refractivity contribution in [2.24, 2.45) is 7.05 Å². The van der Waals surface area contributed by atoms with Crippen LogP contribution in [0.1, 0.15) is 6.04 Å². The van der Waals surface area contributed by atoms with Crippen LogP contribution in [0.4, 0.5) is 0 Å². The van der Waals surface area contributed by atoms with E-state index in [-0.39, 0.29) is 0 Å². The van der Waals surface area contributed by atoms with Gasteiger partial charge in [0.2, 0.25) is 0 Å². The van der Waals surface area contributed by atoms with Crippen molar-refractivity contribution < 1.29 is 0 Å². The molecule has 0 aliphatic carbocycles. The number of hydrogen-bond donors (Lipinski definition) is 0. The Kier molecular flexibility index (Phi) is 3.86. The molecule has 0 amide bonds. The molecule has 5 heterocycles. The lowest BCUT2D eigenvalue weighted by molar-refractivity contribution is 0.597. The lowest BCUT2D eigenvalue weighted by Crippen LogP contribution is -2.11. The fraction of sp³-hybridized carbons (Fsp3) is 0.250. The lowest BCUT2D eigenvalue weighted by Gasteiger charge is -2.14. The maximum atomic E-state index is 4.45. The smallest absolute Gasteiger partial charge is 0.191 e. The average Bonchev–Trinajstić information content (AvgIpc) is 3.37. The second-order valence-corrected chi connectivity index (χ2v) is 7.87. The van der Waals surface area contributed by atoms with Gasteiger partial charge >= 0.3 is 0 Å². The standard InChI is InChI=1S/C16H14N8S2/c1-23-14-12(6-20-23)15(19-9-18-14)25-7-11-8-26-16-22-21-13(24(11)16)10-2-4-17-5-3-10/h2-6,9,11H,7-8H2,1H3/t11-/m1/s1. The minimum atomic E-state index is 0.305. The van der Waals surface area contributed by atoms with Crippen LogP contribution in [0.5, 0.6) is 0 Å². The molecule has 26 heavy (non-hydrogen) atoms. The number of aromatic nitrogens is 8. The van der Waals surface area contributed by atoms with Crippen LogP contribution in [-0.2, 0) is 7.05 Å². The van der Waals surface area contributed by atoms with Crippen LogP contribution in [0.3, 0.4) is 0 Å². The van der Waals surface area contributed by atoms with E-state index in [4.69, 9.17) is 0 Å². The van der Waals surface area contributed by atoms with Crippen molar-refractivity contribution in [1.82, 2.24) is 39.5 Å². The monoisotopic (exact) mass is 382 g/mol. The number of thioether (sulfide) groups is 2. The predicted molar refractivity (Wildman–Crippen MR) is 100 cm³/mol. The Bertz CT molecular complexity index is 1070. The van der Waals surface area contributed by atoms with Crippen molar-refractivity contribution >= 4 is 34.6 Å². The van der Waals surface area contributed by atoms with E-state index in [1.54, 1.807) is 46.9 Å². The largest absolute Gasteiger partial charge is 0.297 e. The van der Waals surface area contributed by atoms with Gasteiger partial charge in [-0.05, 0) is 12.1 Å². The third-order valence-electron chi connectivity index (χ3n) is 4.28. The van der Waals surface area contributed by atoms with Crippen molar-refractivity contribution in [3.05, 3.63) is 37.1 Å². The van der Waals surface area contributed by atoms with Gasteiger partial charge in [0.25, 0.3) is 0 Å². The zero-order valence-corrected chi connectivity index (χ0v) is 15.5. The molecule has 0 aromatic carbocycles. The molecule has 0 saturated carbocycles. The third-order valence-corrected chi connectivity index (χ3v) is 6.52. The summed E-state index contributed by atoms with van der Waals surface area (Å²) in [7, 11) is 1.89. The summed E-state index contributed by atoms with van der Waals surface area (Å²) >= 11 is 3.47. The highest BCUT2D eigenvalue weighted by atomic mass is 32.2. The molecule has 0 radical (unpaired) electrons. The van der Waals surface area contributed by atoms with E-state index in [1.807, 2.05) is 25.4 Å². The summed E-state index contributed by atoms with van der Waals surface area (Å²) in [6, 6.07) is 4.24. The van der Waals surface area contributed by atoms with E-state index in [0.29, 0.717) is 6.04 Å². The van der Waals surface area contributed by atoms with Crippen molar-refractivity contribution in [2.45, 2.75) is 16.2 Å². The zero-order valence-electron chi connectivity index (χ0n) is 13.8. The minimum Gasteiger partial charge on any atom is -0.297 e. The average molecular weight is 382 g/mol. The fourth-order valence-electron chi connectivity index (χ4n) is 3.00. The van der Waals surface area contributed by atoms with Gasteiger partial charge in [0.1, 0.15) is 11.4 Å². The molecular weight excluding hydrogens is 368 g/mol. The maximum Gasteiger partial charge on any atom is 0.191 e. The fourth-order valence-corrected chi connectivity index (χ4v) is 5.27. The van der Waals surface area contributed by atoms with Crippen molar-refractivity contribution in [1.29, 1.82) is 0 Å². The Morgan fingerprint density at radius 3 is 3.00 bits per heavy atom. The Morgan fingerprint density at radius 1 is 1.23 bits per heavy atom. The SMILES string of the molecule is Cn1ncc2c(SC[C@@H]3CSc4nnc(-c5ccncc5)n43)ncnc21. The number of rotatable bonds is 4. The topological polar surface area (TPSA) is 87.2 Å². The second kappa shape index (κ2) is 6.36. The van der Waals surface area contributed by atoms with E-state index in [2.05, 4.69) is 34.8 Å². The van der Waals surface area contributed by atoms with Gasteiger partial charge in [-0.3, -0.25) is 14.2 Å². The van der Waals surface area contributed by atoms with Gasteiger partial charge in [-0.25, -0.2) is 9.97 Å². The molecule has 5 rings (SSSR count). The minimum absolute atomic E-state index is 0.305. The van der Waals surface area contributed by atoms with E-state index < -0.39 is 0 Å². The van der Waals surface area contributed by atoms with Crippen LogP contribution in [0, 0.1) is 0 Å². The van der Waals surface area contributed by atoms with Gasteiger partial charge in [0.15, 0.2) is 16.6 Å². The van der Waals surface area contributed by atoms with Crippen LogP contribution in [0.25, 0.3) is 22.4 Å². The van der Waals surface area contributed by atoms with Gasteiger partial charge in [-0.2, -0.15) is 5.10 Å². The molecule has 1 atom stereocenters. The Labute approximate surface area is 157 Å². The molecule has 0 unspecified atom stereocenters. The molecule has 1 aliphatic heterocycles. The molecule has 0 bridgehead atoms. The summed E-state index contributed by atoms with van der Waals surface area (Å²) in [4.78, 5) is 12.8. The van der Waals surface area contributed by atoms with Gasteiger partial charge in [0.05, 0.1) is 17.6 Å². The lowest BCUT2D eigenvalue weighted by atomic mass is 10.2. The highest BCUT2D eigenvalue weighted by Crippen LogP contribution is 2.39. The molecule has 1 aliphatic rings. The summed E-state index contributed by atoms with van der Waals surface area (Å²) < 4.78 is 4.00. The molecule has 130 valence electrons. The summed E-state index contributed by atoms with van der Waals surface area (Å²) in [6.45, 7) is 0. The van der Waals surface area contributed by atoms with E-state index >= 15 is 0 Å². The molecule has 4 aromatic rings. The summed E-state index contributed by atoms with van der Waals surface area (Å²) in [5, 5.41) is 15.9. The molecule has 0 fully saturated rings. The van der Waals surface area contributed by atoms with Crippen molar-refractivity contribution in [2.75, 3.05) is 11.5 Å². The zero-order chi connectivity index (χ0) is 17.5. The second-order valence-electron chi connectivity index (χ2n) is 5.87. The van der Waals surface area contributed by atoms with Crippen LogP contribution in [-0.4, -0.2) is 51.0 Å². The molecule has 10 heteroatoms. The Hall–Kier alpha value is -2.46. The number of nitrogens with zero attached hydrogens (tertiary/aromatic N) is 8. The molecular formula is C16H14N8S2. The van der Waals surface area contributed by atoms with Crippen molar-refractivity contribution in [3.8, 4) is 11.4 Å². The summed E-state index contributed by atoms with van der Waals surface area (Å²) in [6.07, 6.45) is 6.99. The molecule has 8 nitrogen and oxygen atoms in total. The first-order chi connectivity index (χ1) is 12.8. The number of hydrogen-bond acceptors (Lipinski definition) is 8. The Morgan fingerprint density at radius 2 is 2.12 bits per heavy atom. The summed E-state index contributed by atoms with van der Waals surface area (Å²) in [5.41, 5.74) is 1.89. The highest BCUT2D eigenvalue weighted by Gasteiger charge is 2.28. The highest BCUT2D eigenvalue weighted by molar-refractivity contribution is 8.00. The molecule has 0 saturated heterocycles. The number of fused-ring (bicyclic) bond motifs is 2. The van der Waals surface area contributed by atoms with Gasteiger partial charge in [-0.15, -0.1) is 22.0 Å². The predicted octanol–water partition coefficient (Wildman–Crippen LogP) is 2.46. The normalized spacial score (nSPS) is 16.3. The van der Waals surface area contributed by atoms with Crippen LogP contribution < -0.4 is 0 Å². The van der Waals surface area contributed by atoms with Gasteiger partial charge in [0, 0.05) is 36.5 Å². The molecule has 4 aromatic heterocycles. The van der Waals surface area contributed by atoms with Gasteiger partial charge < -0.3 is 0 Å². The third kappa shape index (κ3) is 2.56. The van der Waals surface area contributed by atoms with Crippen LogP contribution in [0.15, 0.2) is 47.2 Å². The van der Waals surface area contributed by atoms with Gasteiger partial charge in [-0.1, -0.05) is 11.8 Å². The Balaban J connectivity index is 1.43. The maximum absolute atomic E-state index is 4.45. The number of aryl methyl sites for hydroxylation is 1. The first-order valence-corrected chi connectivity index (χ1v) is 10.0. The van der Waals surface area contributed by atoms with E-state index in [0.717, 1.165) is 44.1 Å². The van der Waals surface area contributed by atoms with Crippen LogP contribution in [0.2, 0.25) is 0 Å². The quantitative estimate of drug-likeness (QED) is 0.393. The molecule has 0 N–H and O–H groups in total. The van der Waals surface area contributed by atoms with Crippen molar-refractivity contribution in [3.63, 3.8) is 0 Å². The van der Waals surface area contributed by atoms with E-state index in [9.17, 15) is 0 Å². The van der Waals surface area contributed by atoms with Crippen LogP contribution >= 0.6 is 23.5 Å². The van der Waals surface area contributed by atoms with E-state index in [1.165, 1.54) is 0 Å². The first kappa shape index (κ1) is 15.8. The molecule has 0 spiro atoms. The summed E-state index contributed by atoms with van der Waals surface area (Å²) in [5.74, 6) is 2.76. The number of pyridine rings is 1.